The van der Waals surface area contributed by atoms with Gasteiger partial charge in [-0.2, -0.15) is 0 Å². The van der Waals surface area contributed by atoms with E-state index in [0.29, 0.717) is 12.8 Å². The van der Waals surface area contributed by atoms with Crippen LogP contribution in [0.1, 0.15) is 47.0 Å². The Hall–Kier alpha value is -1.31. The highest BCUT2D eigenvalue weighted by atomic mass is 32.2. The molecule has 0 aliphatic heterocycles. The van der Waals surface area contributed by atoms with E-state index < -0.39 is 38.7 Å². The van der Waals surface area contributed by atoms with Gasteiger partial charge in [0.25, 0.3) is 0 Å². The molecule has 1 rings (SSSR count). The van der Waals surface area contributed by atoms with Gasteiger partial charge in [-0.05, 0) is 47.0 Å². The summed E-state index contributed by atoms with van der Waals surface area (Å²) in [5.74, 6) is -0.761. The Kier molecular flexibility index (Phi) is 6.44. The number of carbonyl (C=O) groups is 2. The van der Waals surface area contributed by atoms with Crippen LogP contribution in [0, 0.1) is 5.92 Å². The highest BCUT2D eigenvalue weighted by Crippen LogP contribution is 2.30. The molecule has 134 valence electrons. The first-order valence-corrected chi connectivity index (χ1v) is 9.74. The third kappa shape index (κ3) is 6.37. The maximum atomic E-state index is 12.0. The highest BCUT2D eigenvalue weighted by molar-refractivity contribution is 7.91. The van der Waals surface area contributed by atoms with E-state index in [-0.39, 0.29) is 19.0 Å². The quantitative estimate of drug-likeness (QED) is 0.775. The fraction of sp³-hybridized carbons (Fsp3) is 0.867. The SMILES string of the molecule is CCOC(=O)[C@H]1CC[C@@H](S(C)(=O)=O)[C@H](NC(=O)OC(C)(C)C)C1. The summed E-state index contributed by atoms with van der Waals surface area (Å²) in [6, 6.07) is -0.664. The van der Waals surface area contributed by atoms with Crippen molar-refractivity contribution < 1.29 is 27.5 Å². The summed E-state index contributed by atoms with van der Waals surface area (Å²) in [5, 5.41) is 1.89. The van der Waals surface area contributed by atoms with Crippen LogP contribution >= 0.6 is 0 Å². The molecule has 0 radical (unpaired) electrons. The summed E-state index contributed by atoms with van der Waals surface area (Å²) < 4.78 is 34.1. The fourth-order valence-corrected chi connectivity index (χ4v) is 4.08. The molecule has 0 aromatic heterocycles. The molecule has 1 fully saturated rings. The zero-order valence-electron chi connectivity index (χ0n) is 14.4. The van der Waals surface area contributed by atoms with Crippen LogP contribution in [0.3, 0.4) is 0 Å². The lowest BCUT2D eigenvalue weighted by Gasteiger charge is -2.34. The van der Waals surface area contributed by atoms with Gasteiger partial charge in [0.2, 0.25) is 0 Å². The molecule has 0 unspecified atom stereocenters. The molecule has 1 N–H and O–H groups in total. The van der Waals surface area contributed by atoms with E-state index in [0.717, 1.165) is 6.26 Å². The van der Waals surface area contributed by atoms with Crippen LogP contribution in [-0.4, -0.2) is 50.2 Å². The van der Waals surface area contributed by atoms with Crippen LogP contribution in [0.2, 0.25) is 0 Å². The van der Waals surface area contributed by atoms with Gasteiger partial charge in [0, 0.05) is 12.3 Å². The fourth-order valence-electron chi connectivity index (χ4n) is 2.74. The average molecular weight is 349 g/mol. The summed E-state index contributed by atoms with van der Waals surface area (Å²) in [5.41, 5.74) is -0.681. The Morgan fingerprint density at radius 1 is 1.22 bits per heavy atom. The van der Waals surface area contributed by atoms with Crippen molar-refractivity contribution in [2.75, 3.05) is 12.9 Å². The van der Waals surface area contributed by atoms with Gasteiger partial charge in [0.15, 0.2) is 9.84 Å². The zero-order chi connectivity index (χ0) is 17.8. The molecule has 3 atom stereocenters. The highest BCUT2D eigenvalue weighted by Gasteiger charge is 2.40. The van der Waals surface area contributed by atoms with Crippen molar-refractivity contribution in [1.29, 1.82) is 0 Å². The molecule has 0 saturated heterocycles. The molecular formula is C15H27NO6S. The summed E-state index contributed by atoms with van der Waals surface area (Å²) in [4.78, 5) is 23.9. The predicted octanol–water partition coefficient (Wildman–Crippen LogP) is 1.66. The predicted molar refractivity (Wildman–Crippen MR) is 85.8 cm³/mol. The number of alkyl carbamates (subject to hydrolysis) is 1. The third-order valence-electron chi connectivity index (χ3n) is 3.66. The summed E-state index contributed by atoms with van der Waals surface area (Å²) in [6.07, 6.45) is 1.44. The minimum Gasteiger partial charge on any atom is -0.466 e. The molecule has 1 saturated carbocycles. The van der Waals surface area contributed by atoms with Crippen LogP contribution in [0.25, 0.3) is 0 Å². The van der Waals surface area contributed by atoms with Crippen molar-refractivity contribution in [2.45, 2.75) is 63.9 Å². The maximum Gasteiger partial charge on any atom is 0.407 e. The first kappa shape index (κ1) is 19.7. The molecule has 8 heteroatoms. The number of hydrogen-bond acceptors (Lipinski definition) is 6. The second kappa shape index (κ2) is 7.51. The van der Waals surface area contributed by atoms with Crippen molar-refractivity contribution >= 4 is 21.9 Å². The molecule has 1 aliphatic carbocycles. The molecule has 0 heterocycles. The normalized spacial score (nSPS) is 25.5. The van der Waals surface area contributed by atoms with Gasteiger partial charge in [-0.1, -0.05) is 0 Å². The van der Waals surface area contributed by atoms with Crippen molar-refractivity contribution in [1.82, 2.24) is 5.32 Å². The molecule has 0 bridgehead atoms. The van der Waals surface area contributed by atoms with Gasteiger partial charge in [0.05, 0.1) is 17.8 Å². The zero-order valence-corrected chi connectivity index (χ0v) is 15.2. The minimum atomic E-state index is -3.35. The van der Waals surface area contributed by atoms with E-state index in [4.69, 9.17) is 9.47 Å². The second-order valence-electron chi connectivity index (χ2n) is 6.88. The van der Waals surface area contributed by atoms with Crippen LogP contribution in [0.4, 0.5) is 4.79 Å². The largest absolute Gasteiger partial charge is 0.466 e. The van der Waals surface area contributed by atoms with E-state index in [9.17, 15) is 18.0 Å². The van der Waals surface area contributed by atoms with Gasteiger partial charge in [-0.25, -0.2) is 13.2 Å². The van der Waals surface area contributed by atoms with E-state index in [1.165, 1.54) is 0 Å². The summed E-state index contributed by atoms with van der Waals surface area (Å²) in [7, 11) is -3.35. The molecule has 1 aliphatic rings. The molecule has 0 aromatic carbocycles. The minimum absolute atomic E-state index is 0.232. The Morgan fingerprint density at radius 2 is 1.83 bits per heavy atom. The van der Waals surface area contributed by atoms with E-state index in [1.54, 1.807) is 27.7 Å². The lowest BCUT2D eigenvalue weighted by molar-refractivity contribution is -0.149. The second-order valence-corrected chi connectivity index (χ2v) is 9.15. The standard InChI is InChI=1S/C15H27NO6S/c1-6-21-13(17)10-7-8-12(23(5,19)20)11(9-10)16-14(18)22-15(2,3)4/h10-12H,6-9H2,1-5H3,(H,16,18)/t10-,11+,12+/m0/s1. The van der Waals surface area contributed by atoms with Crippen LogP contribution in [-0.2, 0) is 24.1 Å². The van der Waals surface area contributed by atoms with Gasteiger partial charge < -0.3 is 14.8 Å². The molecule has 23 heavy (non-hydrogen) atoms. The smallest absolute Gasteiger partial charge is 0.407 e. The molecular weight excluding hydrogens is 322 g/mol. The summed E-state index contributed by atoms with van der Waals surface area (Å²) in [6.45, 7) is 7.17. The van der Waals surface area contributed by atoms with E-state index >= 15 is 0 Å². The first-order valence-electron chi connectivity index (χ1n) is 7.79. The average Bonchev–Trinajstić information content (AvgIpc) is 2.35. The molecule has 0 spiro atoms. The topological polar surface area (TPSA) is 98.8 Å². The number of sulfone groups is 1. The van der Waals surface area contributed by atoms with Crippen molar-refractivity contribution in [3.63, 3.8) is 0 Å². The van der Waals surface area contributed by atoms with E-state index in [2.05, 4.69) is 5.32 Å². The van der Waals surface area contributed by atoms with Gasteiger partial charge in [-0.15, -0.1) is 0 Å². The summed E-state index contributed by atoms with van der Waals surface area (Å²) >= 11 is 0. The molecule has 0 aromatic rings. The number of ether oxygens (including phenoxy) is 2. The van der Waals surface area contributed by atoms with Crippen molar-refractivity contribution in [2.24, 2.45) is 5.92 Å². The Balaban J connectivity index is 2.85. The van der Waals surface area contributed by atoms with Crippen LogP contribution in [0.5, 0.6) is 0 Å². The maximum absolute atomic E-state index is 12.0. The monoisotopic (exact) mass is 349 g/mol. The number of rotatable bonds is 4. The molecule has 1 amide bonds. The van der Waals surface area contributed by atoms with Gasteiger partial charge >= 0.3 is 12.1 Å². The Bertz CT molecular complexity index is 537. The van der Waals surface area contributed by atoms with Crippen LogP contribution in [0.15, 0.2) is 0 Å². The lowest BCUT2D eigenvalue weighted by Crippen LogP contribution is -2.52. The number of esters is 1. The van der Waals surface area contributed by atoms with Crippen LogP contribution < -0.4 is 5.32 Å². The first-order chi connectivity index (χ1) is 10.4. The Labute approximate surface area is 138 Å². The van der Waals surface area contributed by atoms with Crippen molar-refractivity contribution in [3.8, 4) is 0 Å². The Morgan fingerprint density at radius 3 is 2.30 bits per heavy atom. The van der Waals surface area contributed by atoms with Crippen molar-refractivity contribution in [3.05, 3.63) is 0 Å². The number of carbonyl (C=O) groups excluding carboxylic acids is 2. The number of nitrogens with one attached hydrogen (secondary N) is 1. The lowest BCUT2D eigenvalue weighted by atomic mass is 9.85. The third-order valence-corrected chi connectivity index (χ3v) is 5.32. The van der Waals surface area contributed by atoms with Gasteiger partial charge in [-0.3, -0.25) is 4.79 Å². The number of amides is 1. The molecule has 7 nitrogen and oxygen atoms in total. The van der Waals surface area contributed by atoms with E-state index in [1.807, 2.05) is 0 Å². The van der Waals surface area contributed by atoms with Gasteiger partial charge in [0.1, 0.15) is 5.60 Å². The number of hydrogen-bond donors (Lipinski definition) is 1.